The van der Waals surface area contributed by atoms with Gasteiger partial charge in [-0.25, -0.2) is 14.4 Å². The summed E-state index contributed by atoms with van der Waals surface area (Å²) in [5.41, 5.74) is -0.350. The summed E-state index contributed by atoms with van der Waals surface area (Å²) in [7, 11) is 1.47. The summed E-state index contributed by atoms with van der Waals surface area (Å²) in [5.74, 6) is -2.60. The first kappa shape index (κ1) is 12.2. The molecular formula is C11H10F2N4O. The van der Waals surface area contributed by atoms with Gasteiger partial charge in [-0.3, -0.25) is 4.79 Å². The zero-order valence-corrected chi connectivity index (χ0v) is 9.52. The number of halogens is 2. The minimum absolute atomic E-state index is 0.176. The Kier molecular flexibility index (Phi) is 3.31. The molecule has 0 aliphatic rings. The van der Waals surface area contributed by atoms with E-state index in [0.717, 1.165) is 12.3 Å². The fourth-order valence-corrected chi connectivity index (χ4v) is 1.47. The first-order valence-corrected chi connectivity index (χ1v) is 5.13. The first-order valence-electron chi connectivity index (χ1n) is 5.13. The molecule has 2 aromatic rings. The van der Waals surface area contributed by atoms with Gasteiger partial charge in [0.25, 0.3) is 5.91 Å². The van der Waals surface area contributed by atoms with Gasteiger partial charge in [0.05, 0.1) is 12.1 Å². The van der Waals surface area contributed by atoms with Gasteiger partial charge in [-0.15, -0.1) is 0 Å². The highest BCUT2D eigenvalue weighted by molar-refractivity contribution is 5.94. The van der Waals surface area contributed by atoms with E-state index < -0.39 is 17.7 Å². The summed E-state index contributed by atoms with van der Waals surface area (Å²) in [5, 5.41) is 0. The largest absolute Gasteiger partial charge is 0.347 e. The van der Waals surface area contributed by atoms with Crippen LogP contribution in [-0.4, -0.2) is 32.8 Å². The summed E-state index contributed by atoms with van der Waals surface area (Å²) in [4.78, 5) is 23.0. The standard InChI is InChI=1S/C11H10F2N4O/c1-17(6-8-14-4-5-15-8)11(18)7-2-3-16-10(13)9(7)12/h2-5H,6H2,1H3,(H,14,15). The van der Waals surface area contributed by atoms with Gasteiger partial charge >= 0.3 is 0 Å². The third-order valence-corrected chi connectivity index (χ3v) is 2.37. The Labute approximate surface area is 101 Å². The second kappa shape index (κ2) is 4.91. The molecule has 94 valence electrons. The van der Waals surface area contributed by atoms with Crippen molar-refractivity contribution in [3.63, 3.8) is 0 Å². The molecule has 1 amide bonds. The number of amides is 1. The van der Waals surface area contributed by atoms with Gasteiger partial charge in [-0.1, -0.05) is 0 Å². The van der Waals surface area contributed by atoms with Crippen LogP contribution in [0.25, 0.3) is 0 Å². The van der Waals surface area contributed by atoms with Gasteiger partial charge in [-0.2, -0.15) is 4.39 Å². The number of imidazole rings is 1. The normalized spacial score (nSPS) is 10.4. The van der Waals surface area contributed by atoms with Crippen molar-refractivity contribution in [3.8, 4) is 0 Å². The van der Waals surface area contributed by atoms with Crippen molar-refractivity contribution in [2.75, 3.05) is 7.05 Å². The molecule has 0 saturated carbocycles. The summed E-state index contributed by atoms with van der Waals surface area (Å²) < 4.78 is 26.3. The van der Waals surface area contributed by atoms with Gasteiger partial charge < -0.3 is 9.88 Å². The van der Waals surface area contributed by atoms with Gasteiger partial charge in [-0.05, 0) is 6.07 Å². The number of H-pyrrole nitrogens is 1. The van der Waals surface area contributed by atoms with Crippen LogP contribution in [0, 0.1) is 11.8 Å². The Bertz CT molecular complexity index is 556. The molecule has 18 heavy (non-hydrogen) atoms. The quantitative estimate of drug-likeness (QED) is 0.839. The van der Waals surface area contributed by atoms with Gasteiger partial charge in [0, 0.05) is 25.6 Å². The van der Waals surface area contributed by atoms with Crippen LogP contribution in [0.1, 0.15) is 16.2 Å². The minimum Gasteiger partial charge on any atom is -0.347 e. The Morgan fingerprint density at radius 2 is 2.17 bits per heavy atom. The highest BCUT2D eigenvalue weighted by Gasteiger charge is 2.19. The maximum absolute atomic E-state index is 13.4. The number of carbonyl (C=O) groups is 1. The second-order valence-corrected chi connectivity index (χ2v) is 3.66. The predicted molar refractivity (Wildman–Crippen MR) is 58.5 cm³/mol. The maximum atomic E-state index is 13.4. The van der Waals surface area contributed by atoms with Crippen molar-refractivity contribution in [2.24, 2.45) is 0 Å². The molecule has 7 heteroatoms. The maximum Gasteiger partial charge on any atom is 0.257 e. The van der Waals surface area contributed by atoms with Crippen LogP contribution in [0.4, 0.5) is 8.78 Å². The smallest absolute Gasteiger partial charge is 0.257 e. The molecule has 0 spiro atoms. The van der Waals surface area contributed by atoms with Crippen LogP contribution in [0.3, 0.4) is 0 Å². The topological polar surface area (TPSA) is 61.9 Å². The SMILES string of the molecule is CN(Cc1ncc[nH]1)C(=O)c1ccnc(F)c1F. The van der Waals surface area contributed by atoms with E-state index in [2.05, 4.69) is 15.0 Å². The lowest BCUT2D eigenvalue weighted by molar-refractivity contribution is 0.0775. The summed E-state index contributed by atoms with van der Waals surface area (Å²) in [6, 6.07) is 1.14. The Balaban J connectivity index is 2.18. The zero-order chi connectivity index (χ0) is 13.1. The molecule has 0 bridgehead atoms. The monoisotopic (exact) mass is 252 g/mol. The number of rotatable bonds is 3. The van der Waals surface area contributed by atoms with Crippen molar-refractivity contribution >= 4 is 5.91 Å². The van der Waals surface area contributed by atoms with Crippen molar-refractivity contribution in [2.45, 2.75) is 6.54 Å². The van der Waals surface area contributed by atoms with E-state index in [1.165, 1.54) is 11.9 Å². The number of carbonyl (C=O) groups excluding carboxylic acids is 1. The molecule has 2 rings (SSSR count). The fourth-order valence-electron chi connectivity index (χ4n) is 1.47. The van der Waals surface area contributed by atoms with Crippen LogP contribution in [-0.2, 0) is 6.54 Å². The third-order valence-electron chi connectivity index (χ3n) is 2.37. The van der Waals surface area contributed by atoms with Crippen molar-refractivity contribution < 1.29 is 13.6 Å². The van der Waals surface area contributed by atoms with Crippen LogP contribution in [0.15, 0.2) is 24.7 Å². The lowest BCUT2D eigenvalue weighted by Crippen LogP contribution is -2.28. The average Bonchev–Trinajstić information content (AvgIpc) is 2.84. The Hall–Kier alpha value is -2.31. The number of aromatic nitrogens is 3. The lowest BCUT2D eigenvalue weighted by atomic mass is 10.2. The number of aromatic amines is 1. The van der Waals surface area contributed by atoms with Crippen LogP contribution < -0.4 is 0 Å². The van der Waals surface area contributed by atoms with E-state index in [1.807, 2.05) is 0 Å². The molecule has 0 saturated heterocycles. The summed E-state index contributed by atoms with van der Waals surface area (Å²) in [6.07, 6.45) is 4.20. The van der Waals surface area contributed by atoms with Crippen LogP contribution >= 0.6 is 0 Å². The number of nitrogens with one attached hydrogen (secondary N) is 1. The molecule has 2 heterocycles. The average molecular weight is 252 g/mol. The predicted octanol–water partition coefficient (Wildman–Crippen LogP) is 1.36. The summed E-state index contributed by atoms with van der Waals surface area (Å²) >= 11 is 0. The van der Waals surface area contributed by atoms with Crippen molar-refractivity contribution in [3.05, 3.63) is 47.8 Å². The van der Waals surface area contributed by atoms with Gasteiger partial charge in [0.2, 0.25) is 5.95 Å². The Morgan fingerprint density at radius 3 is 2.83 bits per heavy atom. The highest BCUT2D eigenvalue weighted by atomic mass is 19.2. The molecular weight excluding hydrogens is 242 g/mol. The fraction of sp³-hybridized carbons (Fsp3) is 0.182. The molecule has 0 aliphatic carbocycles. The molecule has 0 radical (unpaired) electrons. The summed E-state index contributed by atoms with van der Waals surface area (Å²) in [6.45, 7) is 0.176. The third kappa shape index (κ3) is 2.34. The number of hydrogen-bond acceptors (Lipinski definition) is 3. The van der Waals surface area contributed by atoms with Crippen LogP contribution in [0.5, 0.6) is 0 Å². The van der Waals surface area contributed by atoms with Crippen molar-refractivity contribution in [1.29, 1.82) is 0 Å². The first-order chi connectivity index (χ1) is 8.59. The van der Waals surface area contributed by atoms with Crippen LogP contribution in [0.2, 0.25) is 0 Å². The molecule has 0 unspecified atom stereocenters. The second-order valence-electron chi connectivity index (χ2n) is 3.66. The van der Waals surface area contributed by atoms with E-state index in [-0.39, 0.29) is 12.1 Å². The van der Waals surface area contributed by atoms with E-state index in [1.54, 1.807) is 12.4 Å². The number of hydrogen-bond donors (Lipinski definition) is 1. The van der Waals surface area contributed by atoms with Gasteiger partial charge in [0.15, 0.2) is 5.82 Å². The van der Waals surface area contributed by atoms with E-state index >= 15 is 0 Å². The minimum atomic E-state index is -1.28. The molecule has 0 aliphatic heterocycles. The molecule has 2 aromatic heterocycles. The molecule has 0 aromatic carbocycles. The number of nitrogens with zero attached hydrogens (tertiary/aromatic N) is 3. The van der Waals surface area contributed by atoms with E-state index in [0.29, 0.717) is 5.82 Å². The van der Waals surface area contributed by atoms with E-state index in [9.17, 15) is 13.6 Å². The number of pyridine rings is 1. The van der Waals surface area contributed by atoms with Gasteiger partial charge in [0.1, 0.15) is 5.82 Å². The highest BCUT2D eigenvalue weighted by Crippen LogP contribution is 2.12. The van der Waals surface area contributed by atoms with Crippen molar-refractivity contribution in [1.82, 2.24) is 19.9 Å². The molecule has 0 atom stereocenters. The zero-order valence-electron chi connectivity index (χ0n) is 9.52. The molecule has 1 N–H and O–H groups in total. The molecule has 0 fully saturated rings. The molecule has 5 nitrogen and oxygen atoms in total. The van der Waals surface area contributed by atoms with E-state index in [4.69, 9.17) is 0 Å². The Morgan fingerprint density at radius 1 is 1.39 bits per heavy atom. The lowest BCUT2D eigenvalue weighted by Gasteiger charge is -2.16.